The van der Waals surface area contributed by atoms with Gasteiger partial charge in [0, 0.05) is 19.3 Å². The summed E-state index contributed by atoms with van der Waals surface area (Å²) in [6.07, 6.45) is 0. The summed E-state index contributed by atoms with van der Waals surface area (Å²) in [5.74, 6) is 0.00546. The van der Waals surface area contributed by atoms with Gasteiger partial charge in [-0.05, 0) is 19.1 Å². The van der Waals surface area contributed by atoms with Crippen LogP contribution >= 0.6 is 11.6 Å². The van der Waals surface area contributed by atoms with Crippen molar-refractivity contribution in [2.75, 3.05) is 18.5 Å². The van der Waals surface area contributed by atoms with Crippen LogP contribution in [0.5, 0.6) is 0 Å². The Morgan fingerprint density at radius 2 is 2.21 bits per heavy atom. The number of benzene rings is 1. The predicted molar refractivity (Wildman–Crippen MR) is 61.4 cm³/mol. The molecule has 0 unspecified atom stereocenters. The van der Waals surface area contributed by atoms with Gasteiger partial charge in [0.25, 0.3) is 0 Å². The molecule has 0 aromatic heterocycles. The zero-order valence-electron chi connectivity index (χ0n) is 8.34. The summed E-state index contributed by atoms with van der Waals surface area (Å²) in [5.41, 5.74) is 6.99. The number of rotatable bonds is 3. The minimum Gasteiger partial charge on any atom is -0.384 e. The average Bonchev–Trinajstić information content (AvgIpc) is 2.15. The molecule has 14 heavy (non-hydrogen) atoms. The van der Waals surface area contributed by atoms with Gasteiger partial charge in [0.05, 0.1) is 10.6 Å². The van der Waals surface area contributed by atoms with E-state index in [0.29, 0.717) is 10.6 Å². The third-order valence-corrected chi connectivity index (χ3v) is 2.46. The number of halogens is 1. The highest BCUT2D eigenvalue weighted by molar-refractivity contribution is 6.34. The van der Waals surface area contributed by atoms with Crippen molar-refractivity contribution in [3.63, 3.8) is 0 Å². The molecule has 4 heteroatoms. The van der Waals surface area contributed by atoms with Crippen molar-refractivity contribution >= 4 is 23.1 Å². The summed E-state index contributed by atoms with van der Waals surface area (Å²) < 4.78 is 0. The maximum Gasteiger partial charge on any atom is 0.126 e. The van der Waals surface area contributed by atoms with E-state index >= 15 is 0 Å². The number of anilines is 1. The molecule has 1 rings (SSSR count). The molecule has 0 fully saturated rings. The number of amidine groups is 1. The maximum atomic E-state index is 7.45. The van der Waals surface area contributed by atoms with Gasteiger partial charge >= 0.3 is 0 Å². The third-order valence-electron chi connectivity index (χ3n) is 2.15. The van der Waals surface area contributed by atoms with Crippen LogP contribution < -0.4 is 10.6 Å². The number of nitrogen functional groups attached to an aromatic ring is 1. The molecule has 3 N–H and O–H groups in total. The molecule has 0 aliphatic carbocycles. The SMILES string of the molecule is CCN(C)c1cccc(Cl)c1C(=N)N. The van der Waals surface area contributed by atoms with Gasteiger partial charge in [0.15, 0.2) is 0 Å². The molecule has 1 aromatic carbocycles. The molecule has 0 saturated carbocycles. The fourth-order valence-corrected chi connectivity index (χ4v) is 1.54. The summed E-state index contributed by atoms with van der Waals surface area (Å²) in [4.78, 5) is 2.00. The Bertz CT molecular complexity index is 349. The first-order valence-corrected chi connectivity index (χ1v) is 4.79. The first-order chi connectivity index (χ1) is 6.57. The van der Waals surface area contributed by atoms with Crippen LogP contribution in [0.2, 0.25) is 5.02 Å². The van der Waals surface area contributed by atoms with E-state index in [-0.39, 0.29) is 5.84 Å². The highest BCUT2D eigenvalue weighted by Gasteiger charge is 2.11. The molecular formula is C10H14ClN3. The van der Waals surface area contributed by atoms with Gasteiger partial charge in [-0.25, -0.2) is 0 Å². The van der Waals surface area contributed by atoms with Crippen molar-refractivity contribution in [3.8, 4) is 0 Å². The molecule has 0 heterocycles. The minimum absolute atomic E-state index is 0.00546. The molecule has 1 aromatic rings. The Morgan fingerprint density at radius 1 is 1.57 bits per heavy atom. The molecule has 0 aliphatic rings. The van der Waals surface area contributed by atoms with Crippen molar-refractivity contribution in [1.82, 2.24) is 0 Å². The van der Waals surface area contributed by atoms with Crippen LogP contribution in [0.25, 0.3) is 0 Å². The van der Waals surface area contributed by atoms with Crippen LogP contribution in [-0.2, 0) is 0 Å². The smallest absolute Gasteiger partial charge is 0.126 e. The summed E-state index contributed by atoms with van der Waals surface area (Å²) in [6.45, 7) is 2.88. The van der Waals surface area contributed by atoms with E-state index in [1.807, 2.05) is 31.0 Å². The second kappa shape index (κ2) is 4.33. The summed E-state index contributed by atoms with van der Waals surface area (Å²) in [7, 11) is 1.94. The molecule has 0 saturated heterocycles. The highest BCUT2D eigenvalue weighted by Crippen LogP contribution is 2.26. The van der Waals surface area contributed by atoms with E-state index in [0.717, 1.165) is 12.2 Å². The molecule has 0 aliphatic heterocycles. The highest BCUT2D eigenvalue weighted by atomic mass is 35.5. The molecule has 0 amide bonds. The fraction of sp³-hybridized carbons (Fsp3) is 0.300. The number of nitrogens with two attached hydrogens (primary N) is 1. The lowest BCUT2D eigenvalue weighted by atomic mass is 10.1. The zero-order chi connectivity index (χ0) is 10.7. The van der Waals surface area contributed by atoms with Crippen LogP contribution in [0.1, 0.15) is 12.5 Å². The minimum atomic E-state index is 0.00546. The first-order valence-electron chi connectivity index (χ1n) is 4.42. The van der Waals surface area contributed by atoms with Crippen LogP contribution in [0, 0.1) is 5.41 Å². The van der Waals surface area contributed by atoms with Crippen LogP contribution in [0.4, 0.5) is 5.69 Å². The van der Waals surface area contributed by atoms with Gasteiger partial charge in [0.2, 0.25) is 0 Å². The van der Waals surface area contributed by atoms with E-state index < -0.39 is 0 Å². The van der Waals surface area contributed by atoms with Crippen molar-refractivity contribution < 1.29 is 0 Å². The second-order valence-electron chi connectivity index (χ2n) is 3.06. The van der Waals surface area contributed by atoms with Gasteiger partial charge in [0.1, 0.15) is 5.84 Å². The number of hydrogen-bond acceptors (Lipinski definition) is 2. The van der Waals surface area contributed by atoms with E-state index in [2.05, 4.69) is 0 Å². The Balaban J connectivity index is 3.28. The third kappa shape index (κ3) is 1.99. The summed E-state index contributed by atoms with van der Waals surface area (Å²) >= 11 is 5.98. The number of nitrogens with one attached hydrogen (secondary N) is 1. The predicted octanol–water partition coefficient (Wildman–Crippen LogP) is 2.08. The standard InChI is InChI=1S/C10H14ClN3/c1-3-14(2)8-6-4-5-7(11)9(8)10(12)13/h4-6H,3H2,1-2H3,(H3,12,13). The summed E-state index contributed by atoms with van der Waals surface area (Å²) in [5, 5.41) is 7.98. The fourth-order valence-electron chi connectivity index (χ4n) is 1.27. The molecule has 3 nitrogen and oxygen atoms in total. The lowest BCUT2D eigenvalue weighted by molar-refractivity contribution is 0.966. The lowest BCUT2D eigenvalue weighted by Gasteiger charge is -2.20. The van der Waals surface area contributed by atoms with Gasteiger partial charge in [-0.3, -0.25) is 5.41 Å². The maximum absolute atomic E-state index is 7.45. The van der Waals surface area contributed by atoms with Gasteiger partial charge in [-0.15, -0.1) is 0 Å². The van der Waals surface area contributed by atoms with Crippen molar-refractivity contribution in [2.24, 2.45) is 5.73 Å². The monoisotopic (exact) mass is 211 g/mol. The van der Waals surface area contributed by atoms with Crippen molar-refractivity contribution in [2.45, 2.75) is 6.92 Å². The Hall–Kier alpha value is -1.22. The molecule has 0 spiro atoms. The molecule has 0 radical (unpaired) electrons. The lowest BCUT2D eigenvalue weighted by Crippen LogP contribution is -2.22. The van der Waals surface area contributed by atoms with Crippen LogP contribution in [0.15, 0.2) is 18.2 Å². The van der Waals surface area contributed by atoms with E-state index in [4.69, 9.17) is 22.7 Å². The normalized spacial score (nSPS) is 9.93. The van der Waals surface area contributed by atoms with Crippen molar-refractivity contribution in [3.05, 3.63) is 28.8 Å². The van der Waals surface area contributed by atoms with Crippen LogP contribution in [0.3, 0.4) is 0 Å². The molecular weight excluding hydrogens is 198 g/mol. The van der Waals surface area contributed by atoms with E-state index in [1.165, 1.54) is 0 Å². The quantitative estimate of drug-likeness (QED) is 0.594. The summed E-state index contributed by atoms with van der Waals surface area (Å²) in [6, 6.07) is 5.51. The molecule has 0 atom stereocenters. The van der Waals surface area contributed by atoms with Crippen LogP contribution in [-0.4, -0.2) is 19.4 Å². The van der Waals surface area contributed by atoms with Gasteiger partial charge in [-0.1, -0.05) is 17.7 Å². The van der Waals surface area contributed by atoms with Crippen molar-refractivity contribution in [1.29, 1.82) is 5.41 Å². The van der Waals surface area contributed by atoms with Gasteiger partial charge < -0.3 is 10.6 Å². The topological polar surface area (TPSA) is 53.1 Å². The number of hydrogen-bond donors (Lipinski definition) is 2. The Labute approximate surface area is 89.0 Å². The second-order valence-corrected chi connectivity index (χ2v) is 3.47. The average molecular weight is 212 g/mol. The zero-order valence-corrected chi connectivity index (χ0v) is 9.10. The Morgan fingerprint density at radius 3 is 2.71 bits per heavy atom. The van der Waals surface area contributed by atoms with Gasteiger partial charge in [-0.2, -0.15) is 0 Å². The first kappa shape index (κ1) is 10.9. The molecule has 0 bridgehead atoms. The van der Waals surface area contributed by atoms with E-state index in [9.17, 15) is 0 Å². The largest absolute Gasteiger partial charge is 0.384 e. The Kier molecular flexibility index (Phi) is 3.36. The number of nitrogens with zero attached hydrogens (tertiary/aromatic N) is 1. The molecule has 76 valence electrons. The van der Waals surface area contributed by atoms with E-state index in [1.54, 1.807) is 6.07 Å².